The van der Waals surface area contributed by atoms with Crippen LogP contribution in [0.3, 0.4) is 0 Å². The zero-order valence-corrected chi connectivity index (χ0v) is 19.5. The minimum absolute atomic E-state index is 0.0679. The SMILES string of the molecule is CN(Cc1ccc(N(C)C)cc1)C(=O)c1ccc(Cl)c(S(=O)(=O)NCC2CCCO2)c1. The first-order chi connectivity index (χ1) is 14.7. The molecule has 0 radical (unpaired) electrons. The van der Waals surface area contributed by atoms with Crippen molar-refractivity contribution in [2.45, 2.75) is 30.4 Å². The monoisotopic (exact) mass is 465 g/mol. The van der Waals surface area contributed by atoms with E-state index in [1.807, 2.05) is 43.3 Å². The first-order valence-electron chi connectivity index (χ1n) is 10.1. The van der Waals surface area contributed by atoms with Crippen molar-refractivity contribution >= 4 is 33.2 Å². The topological polar surface area (TPSA) is 79.0 Å². The number of halogens is 1. The number of carbonyl (C=O) groups excluding carboxylic acids is 1. The minimum atomic E-state index is -3.87. The summed E-state index contributed by atoms with van der Waals surface area (Å²) in [5.41, 5.74) is 2.30. The van der Waals surface area contributed by atoms with Gasteiger partial charge in [-0.2, -0.15) is 0 Å². The Kier molecular flexibility index (Phi) is 7.59. The molecule has 31 heavy (non-hydrogen) atoms. The highest BCUT2D eigenvalue weighted by Crippen LogP contribution is 2.24. The van der Waals surface area contributed by atoms with Crippen LogP contribution in [0, 0.1) is 0 Å². The zero-order valence-electron chi connectivity index (χ0n) is 18.0. The van der Waals surface area contributed by atoms with Crippen molar-refractivity contribution in [1.82, 2.24) is 9.62 Å². The molecule has 168 valence electrons. The lowest BCUT2D eigenvalue weighted by molar-refractivity contribution is 0.0785. The van der Waals surface area contributed by atoms with Gasteiger partial charge in [0.15, 0.2) is 0 Å². The number of nitrogens with one attached hydrogen (secondary N) is 1. The highest BCUT2D eigenvalue weighted by molar-refractivity contribution is 7.89. The molecule has 1 unspecified atom stereocenters. The molecule has 0 aromatic heterocycles. The van der Waals surface area contributed by atoms with E-state index < -0.39 is 10.0 Å². The number of carbonyl (C=O) groups is 1. The molecule has 1 N–H and O–H groups in total. The Hall–Kier alpha value is -2.13. The van der Waals surface area contributed by atoms with Crippen molar-refractivity contribution in [3.8, 4) is 0 Å². The van der Waals surface area contributed by atoms with Gasteiger partial charge in [0.2, 0.25) is 10.0 Å². The molecule has 1 heterocycles. The van der Waals surface area contributed by atoms with E-state index in [0.717, 1.165) is 24.1 Å². The number of ether oxygens (including phenoxy) is 1. The van der Waals surface area contributed by atoms with E-state index in [1.165, 1.54) is 18.2 Å². The van der Waals surface area contributed by atoms with Crippen molar-refractivity contribution in [3.05, 3.63) is 58.6 Å². The Morgan fingerprint density at radius 2 is 1.87 bits per heavy atom. The second-order valence-electron chi connectivity index (χ2n) is 7.85. The summed E-state index contributed by atoms with van der Waals surface area (Å²) in [7, 11) is 1.74. The lowest BCUT2D eigenvalue weighted by Crippen LogP contribution is -2.32. The van der Waals surface area contributed by atoms with Crippen LogP contribution < -0.4 is 9.62 Å². The number of hydrogen-bond donors (Lipinski definition) is 1. The zero-order chi connectivity index (χ0) is 22.6. The van der Waals surface area contributed by atoms with Crippen LogP contribution in [-0.4, -0.2) is 59.6 Å². The fraction of sp³-hybridized carbons (Fsp3) is 0.409. The van der Waals surface area contributed by atoms with Gasteiger partial charge in [0, 0.05) is 52.1 Å². The van der Waals surface area contributed by atoms with Gasteiger partial charge in [-0.05, 0) is 48.7 Å². The van der Waals surface area contributed by atoms with Gasteiger partial charge < -0.3 is 14.5 Å². The third kappa shape index (κ3) is 5.98. The van der Waals surface area contributed by atoms with E-state index in [2.05, 4.69) is 4.72 Å². The molecule has 0 aliphatic carbocycles. The lowest BCUT2D eigenvalue weighted by Gasteiger charge is -2.19. The third-order valence-electron chi connectivity index (χ3n) is 5.21. The van der Waals surface area contributed by atoms with Crippen LogP contribution in [0.25, 0.3) is 0 Å². The van der Waals surface area contributed by atoms with Gasteiger partial charge in [-0.15, -0.1) is 0 Å². The average molecular weight is 466 g/mol. The van der Waals surface area contributed by atoms with E-state index in [4.69, 9.17) is 16.3 Å². The maximum atomic E-state index is 12.9. The maximum absolute atomic E-state index is 12.9. The predicted molar refractivity (Wildman–Crippen MR) is 122 cm³/mol. The quantitative estimate of drug-likeness (QED) is 0.648. The number of benzene rings is 2. The van der Waals surface area contributed by atoms with Crippen molar-refractivity contribution in [1.29, 1.82) is 0 Å². The maximum Gasteiger partial charge on any atom is 0.253 e. The van der Waals surface area contributed by atoms with Crippen molar-refractivity contribution < 1.29 is 17.9 Å². The van der Waals surface area contributed by atoms with Gasteiger partial charge in [-0.25, -0.2) is 13.1 Å². The molecule has 1 aliphatic heterocycles. The molecular weight excluding hydrogens is 438 g/mol. The number of nitrogens with zero attached hydrogens (tertiary/aromatic N) is 2. The molecule has 2 aromatic carbocycles. The smallest absolute Gasteiger partial charge is 0.253 e. The summed E-state index contributed by atoms with van der Waals surface area (Å²) >= 11 is 6.15. The van der Waals surface area contributed by atoms with Crippen LogP contribution >= 0.6 is 11.6 Å². The summed E-state index contributed by atoms with van der Waals surface area (Å²) in [5, 5.41) is 0.0679. The largest absolute Gasteiger partial charge is 0.378 e. The number of hydrogen-bond acceptors (Lipinski definition) is 5. The number of rotatable bonds is 8. The first-order valence-corrected chi connectivity index (χ1v) is 12.0. The molecule has 1 aliphatic rings. The summed E-state index contributed by atoms with van der Waals surface area (Å²) in [6, 6.07) is 12.2. The molecule has 0 spiro atoms. The van der Waals surface area contributed by atoms with Crippen LogP contribution in [0.2, 0.25) is 5.02 Å². The molecule has 2 aromatic rings. The first kappa shape index (κ1) is 23.5. The molecule has 0 bridgehead atoms. The van der Waals surface area contributed by atoms with Crippen LogP contribution in [0.4, 0.5) is 5.69 Å². The second-order valence-corrected chi connectivity index (χ2v) is 10.00. The van der Waals surface area contributed by atoms with E-state index in [-0.39, 0.29) is 34.0 Å². The Morgan fingerprint density at radius 3 is 2.48 bits per heavy atom. The summed E-state index contributed by atoms with van der Waals surface area (Å²) in [6.07, 6.45) is 1.60. The number of amides is 1. The lowest BCUT2D eigenvalue weighted by atomic mass is 10.1. The molecule has 9 heteroatoms. The standard InChI is InChI=1S/C22H28ClN3O4S/c1-25(2)18-9-6-16(7-10-18)15-26(3)22(27)17-8-11-20(23)21(13-17)31(28,29)24-14-19-5-4-12-30-19/h6-11,13,19,24H,4-5,12,14-15H2,1-3H3. The Labute approximate surface area is 189 Å². The molecular formula is C22H28ClN3O4S. The van der Waals surface area contributed by atoms with Gasteiger partial charge in [0.05, 0.1) is 11.1 Å². The molecule has 3 rings (SSSR count). The van der Waals surface area contributed by atoms with E-state index in [9.17, 15) is 13.2 Å². The molecule has 1 amide bonds. The Bertz CT molecular complexity index is 1020. The van der Waals surface area contributed by atoms with Crippen LogP contribution in [0.15, 0.2) is 47.4 Å². The predicted octanol–water partition coefficient (Wildman–Crippen LogP) is 3.14. The Morgan fingerprint density at radius 1 is 1.16 bits per heavy atom. The van der Waals surface area contributed by atoms with E-state index in [1.54, 1.807) is 11.9 Å². The van der Waals surface area contributed by atoms with Crippen LogP contribution in [0.5, 0.6) is 0 Å². The summed E-state index contributed by atoms with van der Waals surface area (Å²) in [6.45, 7) is 1.22. The van der Waals surface area contributed by atoms with Crippen molar-refractivity contribution in [2.75, 3.05) is 39.2 Å². The van der Waals surface area contributed by atoms with Gasteiger partial charge >= 0.3 is 0 Å². The summed E-state index contributed by atoms with van der Waals surface area (Å²) < 4.78 is 33.5. The van der Waals surface area contributed by atoms with E-state index >= 15 is 0 Å². The minimum Gasteiger partial charge on any atom is -0.378 e. The molecule has 1 fully saturated rings. The van der Waals surface area contributed by atoms with Gasteiger partial charge in [0.25, 0.3) is 5.91 Å². The van der Waals surface area contributed by atoms with Gasteiger partial charge in [-0.1, -0.05) is 23.7 Å². The van der Waals surface area contributed by atoms with Gasteiger partial charge in [-0.3, -0.25) is 4.79 Å². The normalized spacial score (nSPS) is 16.3. The Balaban J connectivity index is 1.72. The third-order valence-corrected chi connectivity index (χ3v) is 7.12. The van der Waals surface area contributed by atoms with Crippen molar-refractivity contribution in [3.63, 3.8) is 0 Å². The summed E-state index contributed by atoms with van der Waals surface area (Å²) in [5.74, 6) is -0.288. The van der Waals surface area contributed by atoms with Crippen molar-refractivity contribution in [2.24, 2.45) is 0 Å². The molecule has 0 saturated carbocycles. The van der Waals surface area contributed by atoms with Gasteiger partial charge in [0.1, 0.15) is 4.90 Å². The number of sulfonamides is 1. The molecule has 1 atom stereocenters. The second kappa shape index (κ2) is 9.99. The van der Waals surface area contributed by atoms with Crippen LogP contribution in [-0.2, 0) is 21.3 Å². The average Bonchev–Trinajstić information content (AvgIpc) is 3.26. The highest BCUT2D eigenvalue weighted by atomic mass is 35.5. The van der Waals surface area contributed by atoms with Crippen LogP contribution in [0.1, 0.15) is 28.8 Å². The fourth-order valence-electron chi connectivity index (χ4n) is 3.39. The molecule has 7 nitrogen and oxygen atoms in total. The van der Waals surface area contributed by atoms with E-state index in [0.29, 0.717) is 13.2 Å². The fourth-order valence-corrected chi connectivity index (χ4v) is 4.98. The summed E-state index contributed by atoms with van der Waals surface area (Å²) in [4.78, 5) is 16.4. The highest BCUT2D eigenvalue weighted by Gasteiger charge is 2.24. The molecule has 1 saturated heterocycles. The number of anilines is 1.